The van der Waals surface area contributed by atoms with Gasteiger partial charge in [0.15, 0.2) is 5.75 Å². The number of aliphatic carboxylic acids is 1. The van der Waals surface area contributed by atoms with E-state index < -0.39 is 21.0 Å². The lowest BCUT2D eigenvalue weighted by molar-refractivity contribution is -0.384. The highest BCUT2D eigenvalue weighted by Gasteiger charge is 2.24. The number of carboxylic acid groups (broad SMARTS) is 1. The molecule has 0 amide bonds. The fraction of sp³-hybridized carbons (Fsp3) is 0.367. The number of carboxylic acids is 1. The molecule has 0 fully saturated rings. The smallest absolute Gasteiger partial charge is 0.303 e. The Morgan fingerprint density at radius 2 is 1.59 bits per heavy atom. The Balaban J connectivity index is 1.39. The van der Waals surface area contributed by atoms with E-state index in [0.717, 1.165) is 48.4 Å². The van der Waals surface area contributed by atoms with E-state index in [1.54, 1.807) is 0 Å². The lowest BCUT2D eigenvalue weighted by Crippen LogP contribution is -2.22. The van der Waals surface area contributed by atoms with Crippen LogP contribution in [-0.4, -0.2) is 60.9 Å². The van der Waals surface area contributed by atoms with Gasteiger partial charge in [-0.05, 0) is 67.5 Å². The summed E-state index contributed by atoms with van der Waals surface area (Å²) in [6, 6.07) is 15.4. The number of carbonyl (C=O) groups is 1. The van der Waals surface area contributed by atoms with Crippen LogP contribution in [-0.2, 0) is 27.8 Å². The second kappa shape index (κ2) is 13.4. The molecule has 0 radical (unpaired) electrons. The van der Waals surface area contributed by atoms with Gasteiger partial charge in [0, 0.05) is 68.2 Å². The van der Waals surface area contributed by atoms with Crippen LogP contribution in [0.5, 0.6) is 11.5 Å². The molecular formula is C30H33N5O8S. The first-order valence-electron chi connectivity index (χ1n) is 14.4. The highest BCUT2D eigenvalue weighted by molar-refractivity contribution is 7.85. The molecule has 0 aromatic heterocycles. The summed E-state index contributed by atoms with van der Waals surface area (Å²) in [5, 5.41) is 28.8. The van der Waals surface area contributed by atoms with Gasteiger partial charge in [-0.1, -0.05) is 6.07 Å². The fourth-order valence-corrected chi connectivity index (χ4v) is 6.04. The molecule has 14 heteroatoms. The van der Waals surface area contributed by atoms with Crippen molar-refractivity contribution in [3.05, 3.63) is 75.8 Å². The second-order valence-corrected chi connectivity index (χ2v) is 12.4. The fourth-order valence-electron chi connectivity index (χ4n) is 5.47. The number of hydrogen-bond donors (Lipinski definition) is 2. The summed E-state index contributed by atoms with van der Waals surface area (Å²) in [4.78, 5) is 25.9. The maximum atomic E-state index is 11.1. The van der Waals surface area contributed by atoms with Crippen LogP contribution in [0.4, 0.5) is 28.4 Å². The maximum Gasteiger partial charge on any atom is 0.303 e. The van der Waals surface area contributed by atoms with Crippen LogP contribution in [0.2, 0.25) is 0 Å². The summed E-state index contributed by atoms with van der Waals surface area (Å²) in [5.74, 6) is -0.0628. The molecule has 0 atom stereocenters. The van der Waals surface area contributed by atoms with E-state index in [-0.39, 0.29) is 17.9 Å². The Morgan fingerprint density at radius 3 is 2.27 bits per heavy atom. The van der Waals surface area contributed by atoms with E-state index in [1.165, 1.54) is 24.3 Å². The summed E-state index contributed by atoms with van der Waals surface area (Å²) < 4.78 is 37.6. The summed E-state index contributed by atoms with van der Waals surface area (Å²) in [7, 11) is -3.98. The number of nitro benzene ring substituents is 1. The number of fused-ring (bicyclic) bond motifs is 2. The third-order valence-electron chi connectivity index (χ3n) is 7.66. The Bertz CT molecular complexity index is 1680. The van der Waals surface area contributed by atoms with Gasteiger partial charge >= 0.3 is 5.97 Å². The van der Waals surface area contributed by atoms with Gasteiger partial charge < -0.3 is 19.6 Å². The molecule has 0 bridgehead atoms. The van der Waals surface area contributed by atoms with E-state index >= 15 is 0 Å². The van der Waals surface area contributed by atoms with E-state index in [1.807, 2.05) is 30.3 Å². The van der Waals surface area contributed by atoms with Crippen molar-refractivity contribution in [1.29, 1.82) is 0 Å². The van der Waals surface area contributed by atoms with E-state index in [9.17, 15) is 23.3 Å². The molecule has 5 rings (SSSR count). The number of unbranched alkanes of at least 4 members (excludes halogenated alkanes) is 1. The van der Waals surface area contributed by atoms with Crippen LogP contribution >= 0.6 is 0 Å². The average molecular weight is 624 g/mol. The van der Waals surface area contributed by atoms with Gasteiger partial charge in [0.1, 0.15) is 11.4 Å². The van der Waals surface area contributed by atoms with Gasteiger partial charge in [-0.25, -0.2) is 0 Å². The molecule has 2 aliphatic rings. The van der Waals surface area contributed by atoms with Crippen molar-refractivity contribution in [3.63, 3.8) is 0 Å². The first-order chi connectivity index (χ1) is 21.1. The molecule has 0 spiro atoms. The Morgan fingerprint density at radius 1 is 0.909 bits per heavy atom. The van der Waals surface area contributed by atoms with Gasteiger partial charge in [-0.2, -0.15) is 13.5 Å². The number of rotatable bonds is 14. The number of hydrogen-bond acceptors (Lipinski definition) is 10. The highest BCUT2D eigenvalue weighted by atomic mass is 32.2. The topological polar surface area (TPSA) is 175 Å². The van der Waals surface area contributed by atoms with E-state index in [0.29, 0.717) is 55.2 Å². The normalized spacial score (nSPS) is 14.2. The number of benzene rings is 3. The number of non-ortho nitro benzene ring substituents is 1. The molecule has 2 heterocycles. The predicted molar refractivity (Wildman–Crippen MR) is 165 cm³/mol. The van der Waals surface area contributed by atoms with Crippen LogP contribution in [0.15, 0.2) is 64.8 Å². The summed E-state index contributed by atoms with van der Waals surface area (Å²) in [6.07, 6.45) is 3.18. The van der Waals surface area contributed by atoms with Crippen LogP contribution in [0.25, 0.3) is 0 Å². The largest absolute Gasteiger partial charge is 0.481 e. The number of azo groups is 1. The minimum Gasteiger partial charge on any atom is -0.481 e. The third-order valence-corrected chi connectivity index (χ3v) is 8.47. The molecule has 3 aromatic carbocycles. The lowest BCUT2D eigenvalue weighted by Gasteiger charge is -2.21. The number of nitro groups is 1. The zero-order valence-corrected chi connectivity index (χ0v) is 24.8. The predicted octanol–water partition coefficient (Wildman–Crippen LogP) is 6.06. The first-order valence-corrected chi connectivity index (χ1v) is 16.0. The summed E-state index contributed by atoms with van der Waals surface area (Å²) in [5.41, 5.74) is 5.02. The minimum absolute atomic E-state index is 0.0439. The Kier molecular flexibility index (Phi) is 9.40. The molecule has 0 unspecified atom stereocenters. The van der Waals surface area contributed by atoms with Crippen molar-refractivity contribution in [2.45, 2.75) is 38.5 Å². The number of ether oxygens (including phenoxy) is 1. The summed E-state index contributed by atoms with van der Waals surface area (Å²) >= 11 is 0. The quantitative estimate of drug-likeness (QED) is 0.0706. The zero-order valence-electron chi connectivity index (χ0n) is 24.0. The standard InChI is InChI=1S/C30H33N5O8S/c36-30(37)4-3-14-34-16-12-22-18-26(32-31-23-6-8-24(9-7-23)35(38)39)29(20-28(22)34)43-25-10-5-21-11-15-33(27(21)19-25)13-1-2-17-44(40,41)42/h5-10,18-20H,1-4,11-17H2,(H,36,37)(H,40,41,42). The van der Waals surface area contributed by atoms with Crippen LogP contribution in [0, 0.1) is 10.1 Å². The Hall–Kier alpha value is -4.56. The second-order valence-electron chi connectivity index (χ2n) is 10.8. The molecule has 232 valence electrons. The third kappa shape index (κ3) is 7.88. The minimum atomic E-state index is -3.98. The molecule has 2 aliphatic heterocycles. The van der Waals surface area contributed by atoms with E-state index in [2.05, 4.69) is 20.0 Å². The Labute approximate surface area is 254 Å². The molecular weight excluding hydrogens is 590 g/mol. The van der Waals surface area contributed by atoms with Gasteiger partial charge in [0.25, 0.3) is 15.8 Å². The number of anilines is 2. The van der Waals surface area contributed by atoms with Gasteiger partial charge in [-0.15, -0.1) is 5.11 Å². The molecule has 13 nitrogen and oxygen atoms in total. The van der Waals surface area contributed by atoms with Gasteiger partial charge in [-0.3, -0.25) is 19.5 Å². The first kappa shape index (κ1) is 30.9. The molecule has 0 saturated carbocycles. The van der Waals surface area contributed by atoms with Gasteiger partial charge in [0.05, 0.1) is 16.4 Å². The van der Waals surface area contributed by atoms with Crippen LogP contribution in [0.3, 0.4) is 0 Å². The molecule has 2 N–H and O–H groups in total. The highest BCUT2D eigenvalue weighted by Crippen LogP contribution is 2.43. The number of nitrogens with zero attached hydrogens (tertiary/aromatic N) is 5. The van der Waals surface area contributed by atoms with Crippen molar-refractivity contribution in [2.24, 2.45) is 10.2 Å². The van der Waals surface area contributed by atoms with E-state index in [4.69, 9.17) is 14.4 Å². The SMILES string of the molecule is O=C(O)CCCN1CCc2cc(N=Nc3ccc([N+](=O)[O-])cc3)c(Oc3ccc4c(c3)N(CCCCS(=O)(=O)O)CC4)cc21. The van der Waals surface area contributed by atoms with Crippen molar-refractivity contribution in [3.8, 4) is 11.5 Å². The zero-order chi connectivity index (χ0) is 31.3. The van der Waals surface area contributed by atoms with Crippen LogP contribution < -0.4 is 14.5 Å². The molecule has 44 heavy (non-hydrogen) atoms. The lowest BCUT2D eigenvalue weighted by atomic mass is 10.1. The molecule has 0 saturated heterocycles. The molecule has 3 aromatic rings. The molecule has 0 aliphatic carbocycles. The van der Waals surface area contributed by atoms with Crippen molar-refractivity contribution < 1.29 is 32.5 Å². The monoisotopic (exact) mass is 623 g/mol. The summed E-state index contributed by atoms with van der Waals surface area (Å²) in [6.45, 7) is 2.77. The van der Waals surface area contributed by atoms with Crippen LogP contribution in [0.1, 0.15) is 36.8 Å². The van der Waals surface area contributed by atoms with Crippen molar-refractivity contribution in [2.75, 3.05) is 41.7 Å². The maximum absolute atomic E-state index is 11.1. The van der Waals surface area contributed by atoms with Crippen molar-refractivity contribution >= 4 is 44.5 Å². The van der Waals surface area contributed by atoms with Gasteiger partial charge in [0.2, 0.25) is 0 Å². The van der Waals surface area contributed by atoms with Crippen molar-refractivity contribution in [1.82, 2.24) is 0 Å². The average Bonchev–Trinajstić information content (AvgIpc) is 3.56.